The lowest BCUT2D eigenvalue weighted by Gasteiger charge is -2.23. The van der Waals surface area contributed by atoms with Crippen LogP contribution in [0.25, 0.3) is 33.4 Å². The monoisotopic (exact) mass is 466 g/mol. The fraction of sp³-hybridized carbons (Fsp3) is 0.355. The van der Waals surface area contributed by atoms with E-state index in [4.69, 9.17) is 4.98 Å². The maximum atomic E-state index is 12.7. The van der Waals surface area contributed by atoms with Crippen LogP contribution >= 0.6 is 0 Å². The Bertz CT molecular complexity index is 1350. The molecule has 0 saturated carbocycles. The molecule has 0 aliphatic heterocycles. The number of nitrogens with one attached hydrogen (secondary N) is 1. The molecule has 35 heavy (non-hydrogen) atoms. The SMILES string of the molecule is CCCC(C(=O)O)c1c(-c2ccccc2)nc2[nH]c3c(c2c1-c1ccc(C(C)C)cc1)CCCC3. The molecule has 2 aromatic carbocycles. The number of benzene rings is 2. The standard InChI is InChI=1S/C31H34N2O2/c1-4-10-24(31(34)35)27-26(21-17-15-20(16-18-21)19(2)3)28-23-13-8-9-14-25(23)32-30(28)33-29(27)22-11-6-5-7-12-22/h5-7,11-12,15-19,24H,4,8-10,13-14H2,1-3H3,(H,32,33)(H,34,35). The topological polar surface area (TPSA) is 66.0 Å². The van der Waals surface area contributed by atoms with Crippen LogP contribution in [0, 0.1) is 0 Å². The summed E-state index contributed by atoms with van der Waals surface area (Å²) in [4.78, 5) is 21.5. The molecule has 5 rings (SSSR count). The molecule has 0 saturated heterocycles. The predicted molar refractivity (Wildman–Crippen MR) is 143 cm³/mol. The summed E-state index contributed by atoms with van der Waals surface area (Å²) in [5.41, 5.74) is 9.45. The van der Waals surface area contributed by atoms with E-state index in [1.165, 1.54) is 23.2 Å². The number of carboxylic acid groups (broad SMARTS) is 1. The first-order valence-electron chi connectivity index (χ1n) is 13.0. The first kappa shape index (κ1) is 23.3. The summed E-state index contributed by atoms with van der Waals surface area (Å²) in [6.07, 6.45) is 5.71. The van der Waals surface area contributed by atoms with E-state index in [0.29, 0.717) is 12.3 Å². The minimum atomic E-state index is -0.783. The van der Waals surface area contributed by atoms with Gasteiger partial charge in [0.1, 0.15) is 5.65 Å². The molecular formula is C31H34N2O2. The van der Waals surface area contributed by atoms with Gasteiger partial charge in [0, 0.05) is 22.2 Å². The number of aromatic nitrogens is 2. The zero-order valence-corrected chi connectivity index (χ0v) is 20.9. The van der Waals surface area contributed by atoms with Gasteiger partial charge < -0.3 is 10.1 Å². The number of rotatable bonds is 7. The Morgan fingerprint density at radius 2 is 1.71 bits per heavy atom. The molecule has 1 unspecified atom stereocenters. The van der Waals surface area contributed by atoms with Crippen molar-refractivity contribution in [3.63, 3.8) is 0 Å². The molecular weight excluding hydrogens is 432 g/mol. The first-order valence-corrected chi connectivity index (χ1v) is 13.0. The number of aliphatic carboxylic acids is 1. The molecule has 4 nitrogen and oxygen atoms in total. The molecule has 0 spiro atoms. The summed E-state index contributed by atoms with van der Waals surface area (Å²) in [7, 11) is 0. The maximum Gasteiger partial charge on any atom is 0.311 e. The van der Waals surface area contributed by atoms with E-state index in [9.17, 15) is 9.90 Å². The fourth-order valence-corrected chi connectivity index (χ4v) is 5.62. The number of H-pyrrole nitrogens is 1. The lowest BCUT2D eigenvalue weighted by Crippen LogP contribution is -2.15. The fourth-order valence-electron chi connectivity index (χ4n) is 5.62. The highest BCUT2D eigenvalue weighted by atomic mass is 16.4. The Balaban J connectivity index is 1.91. The summed E-state index contributed by atoms with van der Waals surface area (Å²) >= 11 is 0. The minimum Gasteiger partial charge on any atom is -0.481 e. The van der Waals surface area contributed by atoms with E-state index >= 15 is 0 Å². The lowest BCUT2D eigenvalue weighted by molar-refractivity contribution is -0.139. The molecule has 1 aliphatic carbocycles. The predicted octanol–water partition coefficient (Wildman–Crippen LogP) is 7.87. The van der Waals surface area contributed by atoms with Crippen LogP contribution in [0.15, 0.2) is 54.6 Å². The highest BCUT2D eigenvalue weighted by Gasteiger charge is 2.31. The number of nitrogens with zero attached hydrogens (tertiary/aromatic N) is 1. The van der Waals surface area contributed by atoms with Crippen LogP contribution in [0.3, 0.4) is 0 Å². The van der Waals surface area contributed by atoms with Crippen molar-refractivity contribution >= 4 is 17.0 Å². The van der Waals surface area contributed by atoms with Crippen LogP contribution in [-0.2, 0) is 17.6 Å². The summed E-state index contributed by atoms with van der Waals surface area (Å²) in [6, 6.07) is 18.8. The van der Waals surface area contributed by atoms with Gasteiger partial charge in [-0.1, -0.05) is 81.8 Å². The van der Waals surface area contributed by atoms with Crippen molar-refractivity contribution in [2.24, 2.45) is 0 Å². The number of aryl methyl sites for hydroxylation is 2. The summed E-state index contributed by atoms with van der Waals surface area (Å²) < 4.78 is 0. The normalized spacial score (nSPS) is 14.3. The molecule has 0 radical (unpaired) electrons. The van der Waals surface area contributed by atoms with Gasteiger partial charge in [0.2, 0.25) is 0 Å². The average molecular weight is 467 g/mol. The Hall–Kier alpha value is -3.40. The molecule has 0 amide bonds. The van der Waals surface area contributed by atoms with Crippen LogP contribution in [0.2, 0.25) is 0 Å². The van der Waals surface area contributed by atoms with Crippen molar-refractivity contribution in [2.75, 3.05) is 0 Å². The first-order chi connectivity index (χ1) is 17.0. The van der Waals surface area contributed by atoms with Crippen molar-refractivity contribution < 1.29 is 9.90 Å². The second kappa shape index (κ2) is 9.69. The highest BCUT2D eigenvalue weighted by molar-refractivity contribution is 6.03. The lowest BCUT2D eigenvalue weighted by atomic mass is 9.82. The molecule has 2 N–H and O–H groups in total. The highest BCUT2D eigenvalue weighted by Crippen LogP contribution is 2.45. The van der Waals surface area contributed by atoms with Crippen molar-refractivity contribution in [3.05, 3.63) is 77.0 Å². The molecule has 2 heterocycles. The second-order valence-electron chi connectivity index (χ2n) is 10.1. The van der Waals surface area contributed by atoms with Crippen molar-refractivity contribution in [1.82, 2.24) is 9.97 Å². The number of fused-ring (bicyclic) bond motifs is 3. The summed E-state index contributed by atoms with van der Waals surface area (Å²) in [6.45, 7) is 6.45. The average Bonchev–Trinajstić information content (AvgIpc) is 3.25. The van der Waals surface area contributed by atoms with Gasteiger partial charge in [-0.2, -0.15) is 0 Å². The number of hydrogen-bond acceptors (Lipinski definition) is 2. The van der Waals surface area contributed by atoms with Crippen molar-refractivity contribution in [1.29, 1.82) is 0 Å². The third kappa shape index (κ3) is 4.27. The quantitative estimate of drug-likeness (QED) is 0.291. The largest absolute Gasteiger partial charge is 0.481 e. The molecule has 2 aromatic heterocycles. The van der Waals surface area contributed by atoms with Gasteiger partial charge in [0.15, 0.2) is 0 Å². The molecule has 0 fully saturated rings. The van der Waals surface area contributed by atoms with Crippen molar-refractivity contribution in [3.8, 4) is 22.4 Å². The third-order valence-corrected chi connectivity index (χ3v) is 7.41. The van der Waals surface area contributed by atoms with E-state index in [2.05, 4.69) is 50.0 Å². The Morgan fingerprint density at radius 1 is 1.00 bits per heavy atom. The number of carbonyl (C=O) groups is 1. The number of carboxylic acids is 1. The van der Waals surface area contributed by atoms with Gasteiger partial charge in [0.05, 0.1) is 11.6 Å². The molecule has 0 bridgehead atoms. The van der Waals surface area contributed by atoms with Crippen LogP contribution < -0.4 is 0 Å². The second-order valence-corrected chi connectivity index (χ2v) is 10.1. The number of pyridine rings is 1. The van der Waals surface area contributed by atoms with Gasteiger partial charge in [0.25, 0.3) is 0 Å². The molecule has 180 valence electrons. The van der Waals surface area contributed by atoms with E-state index in [0.717, 1.165) is 64.7 Å². The van der Waals surface area contributed by atoms with Gasteiger partial charge in [-0.15, -0.1) is 0 Å². The molecule has 4 aromatic rings. The van der Waals surface area contributed by atoms with Crippen molar-refractivity contribution in [2.45, 2.75) is 71.1 Å². The smallest absolute Gasteiger partial charge is 0.311 e. The zero-order valence-electron chi connectivity index (χ0n) is 20.9. The van der Waals surface area contributed by atoms with Gasteiger partial charge in [-0.05, 0) is 60.3 Å². The maximum absolute atomic E-state index is 12.7. The van der Waals surface area contributed by atoms with E-state index in [1.807, 2.05) is 30.3 Å². The minimum absolute atomic E-state index is 0.438. The number of aromatic amines is 1. The Morgan fingerprint density at radius 3 is 2.37 bits per heavy atom. The van der Waals surface area contributed by atoms with Gasteiger partial charge >= 0.3 is 5.97 Å². The van der Waals surface area contributed by atoms with E-state index in [-0.39, 0.29) is 0 Å². The molecule has 1 aliphatic rings. The van der Waals surface area contributed by atoms with Crippen LogP contribution in [0.1, 0.15) is 80.7 Å². The van der Waals surface area contributed by atoms with Gasteiger partial charge in [-0.3, -0.25) is 4.79 Å². The van der Waals surface area contributed by atoms with E-state index < -0.39 is 11.9 Å². The van der Waals surface area contributed by atoms with Crippen LogP contribution in [-0.4, -0.2) is 21.0 Å². The molecule has 4 heteroatoms. The van der Waals surface area contributed by atoms with E-state index in [1.54, 1.807) is 0 Å². The summed E-state index contributed by atoms with van der Waals surface area (Å²) in [5.74, 6) is -0.969. The van der Waals surface area contributed by atoms with Crippen LogP contribution in [0.5, 0.6) is 0 Å². The Kier molecular flexibility index (Phi) is 6.46. The Labute approximate surface area is 207 Å². The zero-order chi connectivity index (χ0) is 24.5. The summed E-state index contributed by atoms with van der Waals surface area (Å²) in [5, 5.41) is 11.6. The molecule has 1 atom stereocenters. The number of hydrogen-bond donors (Lipinski definition) is 2. The third-order valence-electron chi connectivity index (χ3n) is 7.41. The van der Waals surface area contributed by atoms with Gasteiger partial charge in [-0.25, -0.2) is 4.98 Å². The van der Waals surface area contributed by atoms with Crippen LogP contribution in [0.4, 0.5) is 0 Å².